The van der Waals surface area contributed by atoms with Crippen molar-refractivity contribution in [3.63, 3.8) is 0 Å². The van der Waals surface area contributed by atoms with E-state index in [2.05, 4.69) is 29.4 Å². The zero-order valence-corrected chi connectivity index (χ0v) is 22.1. The largest absolute Gasteiger partial charge is 0.493 e. The number of nitrogens with one attached hydrogen (secondary N) is 1. The summed E-state index contributed by atoms with van der Waals surface area (Å²) >= 11 is 0. The van der Waals surface area contributed by atoms with Crippen molar-refractivity contribution in [1.29, 1.82) is 0 Å². The summed E-state index contributed by atoms with van der Waals surface area (Å²) in [5.74, 6) is 3.56. The average Bonchev–Trinajstić information content (AvgIpc) is 2.98. The predicted octanol–water partition coefficient (Wildman–Crippen LogP) is 4.70. The Hall–Kier alpha value is -2.64. The third kappa shape index (κ3) is 5.78. The van der Waals surface area contributed by atoms with E-state index in [9.17, 15) is 4.79 Å². The maximum atomic E-state index is 12.9. The Morgan fingerprint density at radius 2 is 1.49 bits per heavy atom. The van der Waals surface area contributed by atoms with Crippen molar-refractivity contribution in [2.24, 2.45) is 5.92 Å². The number of ether oxygens (including phenoxy) is 4. The van der Waals surface area contributed by atoms with E-state index in [1.807, 2.05) is 12.1 Å². The van der Waals surface area contributed by atoms with Crippen molar-refractivity contribution in [3.05, 3.63) is 41.0 Å². The number of carbonyl (C=O) groups is 1. The smallest absolute Gasteiger partial charge is 0.227 e. The molecule has 1 N–H and O–H groups in total. The number of anilines is 1. The van der Waals surface area contributed by atoms with Gasteiger partial charge < -0.3 is 29.2 Å². The number of nitrogens with zero attached hydrogens (tertiary/aromatic N) is 1. The maximum Gasteiger partial charge on any atom is 0.227 e. The van der Waals surface area contributed by atoms with Crippen LogP contribution in [0.1, 0.15) is 41.9 Å². The van der Waals surface area contributed by atoms with Crippen LogP contribution in [-0.4, -0.2) is 59.4 Å². The number of rotatable bonds is 10. The molecular weight excluding hydrogens is 468 g/mol. The molecule has 1 unspecified atom stereocenters. The summed E-state index contributed by atoms with van der Waals surface area (Å²) in [7, 11) is 8.76. The van der Waals surface area contributed by atoms with Crippen LogP contribution < -0.4 is 24.3 Å². The first-order valence-corrected chi connectivity index (χ1v) is 12.0. The number of benzene rings is 2. The number of aryl methyl sites for hydroxylation is 1. The number of halogens is 1. The van der Waals surface area contributed by atoms with Crippen molar-refractivity contribution in [2.75, 3.05) is 53.9 Å². The van der Waals surface area contributed by atoms with Crippen LogP contribution in [-0.2, 0) is 17.6 Å². The summed E-state index contributed by atoms with van der Waals surface area (Å²) in [5, 5.41) is 3.11. The zero-order valence-electron chi connectivity index (χ0n) is 21.3. The lowest BCUT2D eigenvalue weighted by Gasteiger charge is -2.34. The summed E-state index contributed by atoms with van der Waals surface area (Å²) in [6, 6.07) is 8.06. The van der Waals surface area contributed by atoms with Gasteiger partial charge in [-0.25, -0.2) is 0 Å². The van der Waals surface area contributed by atoms with Gasteiger partial charge in [0, 0.05) is 30.1 Å². The van der Waals surface area contributed by atoms with Crippen LogP contribution in [0.2, 0.25) is 0 Å². The molecule has 0 radical (unpaired) electrons. The van der Waals surface area contributed by atoms with Gasteiger partial charge in [-0.3, -0.25) is 4.79 Å². The fourth-order valence-electron chi connectivity index (χ4n) is 5.19. The second kappa shape index (κ2) is 11.9. The van der Waals surface area contributed by atoms with Crippen LogP contribution in [0.3, 0.4) is 0 Å². The Morgan fingerprint density at radius 1 is 0.886 bits per heavy atom. The van der Waals surface area contributed by atoms with Gasteiger partial charge in [0.05, 0.1) is 28.4 Å². The number of likely N-dealkylation sites (N-methyl/N-ethyl adjacent to an activating group) is 1. The predicted molar refractivity (Wildman–Crippen MR) is 140 cm³/mol. The van der Waals surface area contributed by atoms with Gasteiger partial charge in [-0.05, 0) is 80.6 Å². The molecule has 2 atom stereocenters. The molecule has 192 valence electrons. The monoisotopic (exact) mass is 504 g/mol. The second-order valence-corrected chi connectivity index (χ2v) is 9.30. The van der Waals surface area contributed by atoms with Crippen molar-refractivity contribution < 1.29 is 23.7 Å². The molecule has 0 saturated heterocycles. The second-order valence-electron chi connectivity index (χ2n) is 9.30. The summed E-state index contributed by atoms with van der Waals surface area (Å²) in [4.78, 5) is 15.2. The van der Waals surface area contributed by atoms with Crippen LogP contribution in [0.15, 0.2) is 24.3 Å². The molecule has 1 heterocycles. The molecular formula is C27H37ClN2O5. The van der Waals surface area contributed by atoms with E-state index in [0.717, 1.165) is 67.9 Å². The van der Waals surface area contributed by atoms with E-state index in [-0.39, 0.29) is 24.2 Å². The lowest BCUT2D eigenvalue weighted by atomic mass is 9.77. The van der Waals surface area contributed by atoms with E-state index in [1.165, 1.54) is 11.1 Å². The molecule has 35 heavy (non-hydrogen) atoms. The fraction of sp³-hybridized carbons (Fsp3) is 0.519. The highest BCUT2D eigenvalue weighted by Gasteiger charge is 2.30. The highest BCUT2D eigenvalue weighted by atomic mass is 35.5. The quantitative estimate of drug-likeness (QED) is 0.506. The van der Waals surface area contributed by atoms with Crippen LogP contribution in [0.25, 0.3) is 0 Å². The van der Waals surface area contributed by atoms with Gasteiger partial charge in [-0.15, -0.1) is 12.4 Å². The summed E-state index contributed by atoms with van der Waals surface area (Å²) in [6.07, 6.45) is 4.62. The van der Waals surface area contributed by atoms with Gasteiger partial charge in [0.15, 0.2) is 23.0 Å². The average molecular weight is 505 g/mol. The van der Waals surface area contributed by atoms with Gasteiger partial charge in [0.25, 0.3) is 0 Å². The van der Waals surface area contributed by atoms with Crippen LogP contribution >= 0.6 is 12.4 Å². The molecule has 0 spiro atoms. The molecule has 0 aromatic heterocycles. The molecule has 1 aliphatic heterocycles. The van der Waals surface area contributed by atoms with E-state index in [0.29, 0.717) is 17.4 Å². The highest BCUT2D eigenvalue weighted by Crippen LogP contribution is 2.42. The van der Waals surface area contributed by atoms with Crippen LogP contribution in [0.4, 0.5) is 5.69 Å². The molecule has 0 fully saturated rings. The van der Waals surface area contributed by atoms with Gasteiger partial charge in [-0.2, -0.15) is 0 Å². The number of carbonyl (C=O) groups excluding carboxylic acids is 1. The standard InChI is InChI=1S/C27H36N2O5.ClH/c1-29(16-20-11-19-13-24(32-3)25(33-4)14-21(19)20)10-6-7-17-8-9-18-12-23(31-2)26(34-5)15-22(18)28-27(17)30;/h12-15,17,20H,6-11,16H2,1-5H3,(H,28,30);1H/t17?,20-;/m1./s1. The van der Waals surface area contributed by atoms with E-state index in [4.69, 9.17) is 18.9 Å². The first kappa shape index (κ1) is 27.0. The van der Waals surface area contributed by atoms with Gasteiger partial charge >= 0.3 is 0 Å². The highest BCUT2D eigenvalue weighted by molar-refractivity contribution is 5.94. The van der Waals surface area contributed by atoms with Gasteiger partial charge in [-0.1, -0.05) is 0 Å². The Kier molecular flexibility index (Phi) is 9.14. The third-order valence-corrected chi connectivity index (χ3v) is 7.18. The SMILES string of the molecule is COc1cc2c(cc1OC)NC(=O)C(CCCN(C)C[C@H]1Cc3cc(OC)c(OC)cc31)CC2.Cl. The normalized spacial score (nSPS) is 18.3. The minimum atomic E-state index is 0. The van der Waals surface area contributed by atoms with Crippen molar-refractivity contribution in [2.45, 2.75) is 38.0 Å². The number of hydrogen-bond donors (Lipinski definition) is 1. The maximum absolute atomic E-state index is 12.9. The lowest BCUT2D eigenvalue weighted by molar-refractivity contribution is -0.120. The van der Waals surface area contributed by atoms with Crippen molar-refractivity contribution in [3.8, 4) is 23.0 Å². The van der Waals surface area contributed by atoms with Crippen LogP contribution in [0.5, 0.6) is 23.0 Å². The lowest BCUT2D eigenvalue weighted by Crippen LogP contribution is -2.32. The molecule has 2 aromatic carbocycles. The minimum absolute atomic E-state index is 0. The summed E-state index contributed by atoms with van der Waals surface area (Å²) in [5.41, 5.74) is 4.63. The van der Waals surface area contributed by atoms with E-state index < -0.39 is 0 Å². The molecule has 4 rings (SSSR count). The molecule has 7 nitrogen and oxygen atoms in total. The molecule has 2 aromatic rings. The van der Waals surface area contributed by atoms with E-state index in [1.54, 1.807) is 28.4 Å². The van der Waals surface area contributed by atoms with E-state index >= 15 is 0 Å². The molecule has 0 saturated carbocycles. The first-order valence-electron chi connectivity index (χ1n) is 12.0. The molecule has 1 aliphatic carbocycles. The third-order valence-electron chi connectivity index (χ3n) is 7.18. The first-order chi connectivity index (χ1) is 16.5. The van der Waals surface area contributed by atoms with Crippen molar-refractivity contribution >= 4 is 24.0 Å². The van der Waals surface area contributed by atoms with Crippen LogP contribution in [0, 0.1) is 5.92 Å². The molecule has 8 heteroatoms. The zero-order chi connectivity index (χ0) is 24.2. The Morgan fingerprint density at radius 3 is 2.14 bits per heavy atom. The van der Waals surface area contributed by atoms with Gasteiger partial charge in [0.1, 0.15) is 0 Å². The van der Waals surface area contributed by atoms with Gasteiger partial charge in [0.2, 0.25) is 5.91 Å². The Labute approximate surface area is 214 Å². The molecule has 0 bridgehead atoms. The molecule has 2 aliphatic rings. The topological polar surface area (TPSA) is 69.3 Å². The fourth-order valence-corrected chi connectivity index (χ4v) is 5.19. The number of hydrogen-bond acceptors (Lipinski definition) is 6. The van der Waals surface area contributed by atoms with Crippen molar-refractivity contribution in [1.82, 2.24) is 4.90 Å². The summed E-state index contributed by atoms with van der Waals surface area (Å²) < 4.78 is 21.7. The number of fused-ring (bicyclic) bond motifs is 2. The Bertz CT molecular complexity index is 1040. The number of amides is 1. The summed E-state index contributed by atoms with van der Waals surface area (Å²) in [6.45, 7) is 1.97. The number of methoxy groups -OCH3 is 4. The minimum Gasteiger partial charge on any atom is -0.493 e. The molecule has 1 amide bonds. The Balaban J connectivity index is 0.00000342.